The first-order valence-corrected chi connectivity index (χ1v) is 21.3. The van der Waals surface area contributed by atoms with Crippen LogP contribution < -0.4 is 32.3 Å². The molecule has 1 aliphatic rings. The molecule has 0 aliphatic carbocycles. The van der Waals surface area contributed by atoms with Crippen LogP contribution in [0.2, 0.25) is 0 Å². The molecule has 1 aromatic rings. The highest BCUT2D eigenvalue weighted by atomic mass is 16.6. The van der Waals surface area contributed by atoms with Gasteiger partial charge in [0.15, 0.2) is 0 Å². The van der Waals surface area contributed by atoms with Gasteiger partial charge >= 0.3 is 18.1 Å². The van der Waals surface area contributed by atoms with Gasteiger partial charge in [0, 0.05) is 44.7 Å². The standard InChI is InChI=1S/C43H69N7O13/c1-29(2)37(49-34(52)13-9-8-10-22-50-35(53)18-19-36(50)54)39(56)48-33(12-11-20-45-40(44)57)38(55)47-32-16-14-31(15-17-32)26-60-41(58)46-21-23-59-24-25-62-43(6,7)28-63-42(4,5)27-61-30(3)51/h14-19,29,33,35,37,53H,8-13,20-28H2,1-7H3,(H,46,58)(H,47,55)(H,48,56)(H,49,52)(H3,44,45,57)/t33-,35?,37-/m0/s1. The average Bonchev–Trinajstić information content (AvgIpc) is 3.54. The number of anilines is 1. The number of carbonyl (C=O) groups is 7. The van der Waals surface area contributed by atoms with Crippen LogP contribution in [-0.4, -0.2) is 134 Å². The fraction of sp³-hybridized carbons (Fsp3) is 0.651. The van der Waals surface area contributed by atoms with Crippen LogP contribution in [0, 0.1) is 5.92 Å². The molecule has 0 saturated carbocycles. The average molecular weight is 892 g/mol. The Labute approximate surface area is 370 Å². The number of carbonyl (C=O) groups excluding carboxylic acids is 7. The topological polar surface area (TPSA) is 275 Å². The largest absolute Gasteiger partial charge is 0.463 e. The summed E-state index contributed by atoms with van der Waals surface area (Å²) in [6.45, 7) is 14.2. The number of ether oxygens (including phenoxy) is 5. The lowest BCUT2D eigenvalue weighted by atomic mass is 10.0. The van der Waals surface area contributed by atoms with Crippen molar-refractivity contribution in [3.8, 4) is 0 Å². The second-order valence-electron chi connectivity index (χ2n) is 16.6. The number of primary amides is 1. The first-order chi connectivity index (χ1) is 29.7. The highest BCUT2D eigenvalue weighted by Crippen LogP contribution is 2.18. The minimum atomic E-state index is -1.03. The third kappa shape index (κ3) is 23.1. The normalized spacial score (nSPS) is 14.8. The van der Waals surface area contributed by atoms with Gasteiger partial charge in [-0.05, 0) is 83.1 Å². The lowest BCUT2D eigenvalue weighted by molar-refractivity contribution is -0.161. The lowest BCUT2D eigenvalue weighted by Crippen LogP contribution is -2.54. The van der Waals surface area contributed by atoms with E-state index >= 15 is 0 Å². The summed E-state index contributed by atoms with van der Waals surface area (Å²) in [5, 5.41) is 23.2. The predicted molar refractivity (Wildman–Crippen MR) is 232 cm³/mol. The molecule has 0 bridgehead atoms. The molecule has 0 saturated heterocycles. The van der Waals surface area contributed by atoms with E-state index in [1.54, 1.807) is 38.1 Å². The highest BCUT2D eigenvalue weighted by molar-refractivity contribution is 5.98. The minimum Gasteiger partial charge on any atom is -0.463 e. The lowest BCUT2D eigenvalue weighted by Gasteiger charge is -2.31. The van der Waals surface area contributed by atoms with Crippen LogP contribution in [0.5, 0.6) is 0 Å². The van der Waals surface area contributed by atoms with Crippen molar-refractivity contribution in [2.45, 2.75) is 123 Å². The number of nitrogens with zero attached hydrogens (tertiary/aromatic N) is 1. The molecule has 0 spiro atoms. The molecular formula is C43H69N7O13. The van der Waals surface area contributed by atoms with E-state index in [4.69, 9.17) is 29.4 Å². The van der Waals surface area contributed by atoms with Gasteiger partial charge in [0.2, 0.25) is 23.6 Å². The van der Waals surface area contributed by atoms with Gasteiger partial charge in [-0.1, -0.05) is 32.4 Å². The van der Waals surface area contributed by atoms with E-state index in [1.165, 1.54) is 24.0 Å². The zero-order chi connectivity index (χ0) is 47.0. The number of amides is 7. The van der Waals surface area contributed by atoms with Crippen LogP contribution in [0.3, 0.4) is 0 Å². The summed E-state index contributed by atoms with van der Waals surface area (Å²) in [4.78, 5) is 87.4. The summed E-state index contributed by atoms with van der Waals surface area (Å²) in [6.07, 6.45) is 3.49. The predicted octanol–water partition coefficient (Wildman–Crippen LogP) is 2.37. The Kier molecular flexibility index (Phi) is 23.7. The molecule has 1 unspecified atom stereocenters. The number of aliphatic hydroxyl groups is 1. The van der Waals surface area contributed by atoms with Gasteiger partial charge in [0.05, 0.1) is 37.6 Å². The molecule has 20 heteroatoms. The number of esters is 1. The Bertz CT molecular complexity index is 1670. The molecule has 1 aromatic carbocycles. The summed E-state index contributed by atoms with van der Waals surface area (Å²) < 4.78 is 27.6. The van der Waals surface area contributed by atoms with Crippen molar-refractivity contribution in [3.05, 3.63) is 42.0 Å². The van der Waals surface area contributed by atoms with E-state index in [-0.39, 0.29) is 82.7 Å². The Balaban J connectivity index is 1.78. The van der Waals surface area contributed by atoms with Crippen molar-refractivity contribution in [1.82, 2.24) is 26.2 Å². The Morgan fingerprint density at radius 2 is 1.52 bits per heavy atom. The van der Waals surface area contributed by atoms with Gasteiger partial charge in [-0.2, -0.15) is 0 Å². The van der Waals surface area contributed by atoms with E-state index in [1.807, 2.05) is 27.7 Å². The Morgan fingerprint density at radius 1 is 0.825 bits per heavy atom. The smallest absolute Gasteiger partial charge is 0.407 e. The molecule has 0 radical (unpaired) electrons. The van der Waals surface area contributed by atoms with Gasteiger partial charge in [-0.15, -0.1) is 0 Å². The van der Waals surface area contributed by atoms with Crippen LogP contribution in [0.1, 0.15) is 92.6 Å². The third-order valence-electron chi connectivity index (χ3n) is 9.44. The summed E-state index contributed by atoms with van der Waals surface area (Å²) >= 11 is 0. The molecule has 7 amide bonds. The highest BCUT2D eigenvalue weighted by Gasteiger charge is 2.30. The van der Waals surface area contributed by atoms with E-state index in [9.17, 15) is 38.7 Å². The molecule has 2 rings (SSSR count). The number of hydrogen-bond donors (Lipinski definition) is 7. The van der Waals surface area contributed by atoms with Crippen molar-refractivity contribution >= 4 is 47.4 Å². The summed E-state index contributed by atoms with van der Waals surface area (Å²) in [5.74, 6) is -2.37. The zero-order valence-electron chi connectivity index (χ0n) is 37.8. The maximum atomic E-state index is 13.5. The number of hydrogen-bond acceptors (Lipinski definition) is 13. The van der Waals surface area contributed by atoms with E-state index in [2.05, 4.69) is 26.6 Å². The fourth-order valence-electron chi connectivity index (χ4n) is 5.86. The van der Waals surface area contributed by atoms with Gasteiger partial charge in [-0.3, -0.25) is 24.0 Å². The van der Waals surface area contributed by atoms with Gasteiger partial charge in [-0.25, -0.2) is 9.59 Å². The fourth-order valence-corrected chi connectivity index (χ4v) is 5.86. The Hall–Kier alpha value is -5.31. The maximum Gasteiger partial charge on any atom is 0.407 e. The quantitative estimate of drug-likeness (QED) is 0.0432. The van der Waals surface area contributed by atoms with Crippen molar-refractivity contribution in [2.24, 2.45) is 11.7 Å². The second kappa shape index (κ2) is 27.7. The molecule has 20 nitrogen and oxygen atoms in total. The maximum absolute atomic E-state index is 13.5. The molecule has 1 heterocycles. The number of aliphatic hydroxyl groups excluding tert-OH is 1. The molecule has 63 heavy (non-hydrogen) atoms. The molecule has 3 atom stereocenters. The molecule has 8 N–H and O–H groups in total. The van der Waals surface area contributed by atoms with Crippen molar-refractivity contribution < 1.29 is 62.4 Å². The van der Waals surface area contributed by atoms with Gasteiger partial charge in [0.1, 0.15) is 31.5 Å². The van der Waals surface area contributed by atoms with E-state index < -0.39 is 53.5 Å². The van der Waals surface area contributed by atoms with Crippen LogP contribution >= 0.6 is 0 Å². The number of rotatable bonds is 30. The van der Waals surface area contributed by atoms with Crippen molar-refractivity contribution in [1.29, 1.82) is 0 Å². The van der Waals surface area contributed by atoms with Crippen LogP contribution in [0.15, 0.2) is 36.4 Å². The van der Waals surface area contributed by atoms with E-state index in [0.29, 0.717) is 50.1 Å². The van der Waals surface area contributed by atoms with E-state index in [0.717, 1.165) is 0 Å². The molecule has 1 aliphatic heterocycles. The zero-order valence-corrected chi connectivity index (χ0v) is 37.8. The van der Waals surface area contributed by atoms with Crippen molar-refractivity contribution in [2.75, 3.05) is 58.0 Å². The number of alkyl carbamates (subject to hydrolysis) is 1. The number of urea groups is 1. The number of nitrogens with one attached hydrogen (secondary N) is 5. The second-order valence-corrected chi connectivity index (χ2v) is 16.6. The minimum absolute atomic E-state index is 0.0427. The summed E-state index contributed by atoms with van der Waals surface area (Å²) in [7, 11) is 0. The summed E-state index contributed by atoms with van der Waals surface area (Å²) in [5.41, 5.74) is 4.96. The van der Waals surface area contributed by atoms with Crippen molar-refractivity contribution in [3.63, 3.8) is 0 Å². The first kappa shape index (κ1) is 53.8. The van der Waals surface area contributed by atoms with Gasteiger partial charge in [0.25, 0.3) is 0 Å². The molecule has 0 aromatic heterocycles. The van der Waals surface area contributed by atoms with Crippen LogP contribution in [0.25, 0.3) is 0 Å². The summed E-state index contributed by atoms with van der Waals surface area (Å²) in [6, 6.07) is 3.88. The van der Waals surface area contributed by atoms with Crippen LogP contribution in [-0.2, 0) is 54.3 Å². The third-order valence-corrected chi connectivity index (χ3v) is 9.44. The van der Waals surface area contributed by atoms with Crippen LogP contribution in [0.4, 0.5) is 15.3 Å². The molecule has 0 fully saturated rings. The first-order valence-electron chi connectivity index (χ1n) is 21.3. The number of nitrogens with two attached hydrogens (primary N) is 1. The monoisotopic (exact) mass is 891 g/mol. The molecule has 354 valence electrons. The SMILES string of the molecule is CC(=O)OCC(C)(C)OCC(C)(C)OCCOCCNC(=O)OCc1ccc(NC(=O)[C@H](CCCNC(N)=O)NC(=O)[C@@H](NC(=O)CCCCCN2C(=O)C=CC2O)C(C)C)cc1. The van der Waals surface area contributed by atoms with Gasteiger partial charge < -0.3 is 66.0 Å². The number of benzene rings is 1. The molecular weight excluding hydrogens is 823 g/mol. The Morgan fingerprint density at radius 3 is 2.16 bits per heavy atom. The number of unbranched alkanes of at least 4 members (excludes halogenated alkanes) is 2.